The van der Waals surface area contributed by atoms with Gasteiger partial charge in [-0.15, -0.1) is 0 Å². The van der Waals surface area contributed by atoms with Crippen molar-refractivity contribution in [3.8, 4) is 11.3 Å². The molecule has 0 aliphatic rings. The van der Waals surface area contributed by atoms with Crippen molar-refractivity contribution in [3.05, 3.63) is 89.6 Å². The molecule has 0 atom stereocenters. The highest BCUT2D eigenvalue weighted by Gasteiger charge is 2.14. The highest BCUT2D eigenvalue weighted by atomic mass is 35.5. The second kappa shape index (κ2) is 6.46. The molecule has 0 aliphatic heterocycles. The number of halogens is 1. The van der Waals surface area contributed by atoms with Gasteiger partial charge in [0.05, 0.1) is 5.02 Å². The zero-order chi connectivity index (χ0) is 17.2. The van der Waals surface area contributed by atoms with Gasteiger partial charge in [-0.1, -0.05) is 54.1 Å². The summed E-state index contributed by atoms with van der Waals surface area (Å²) in [6.07, 6.45) is 0. The van der Waals surface area contributed by atoms with Crippen molar-refractivity contribution in [3.63, 3.8) is 0 Å². The fourth-order valence-electron chi connectivity index (χ4n) is 2.73. The molecule has 0 unspecified atom stereocenters. The van der Waals surface area contributed by atoms with Crippen molar-refractivity contribution in [1.29, 1.82) is 0 Å². The number of amides is 1. The zero-order valence-electron chi connectivity index (χ0n) is 13.2. The third kappa shape index (κ3) is 3.14. The van der Waals surface area contributed by atoms with Gasteiger partial charge in [0.2, 0.25) is 0 Å². The molecular formula is C21H14ClNO2. The average Bonchev–Trinajstić information content (AvgIpc) is 3.12. The molecule has 1 aromatic heterocycles. The van der Waals surface area contributed by atoms with Gasteiger partial charge < -0.3 is 9.73 Å². The van der Waals surface area contributed by atoms with Gasteiger partial charge in [-0.3, -0.25) is 4.79 Å². The summed E-state index contributed by atoms with van der Waals surface area (Å²) in [5, 5.41) is 5.64. The summed E-state index contributed by atoms with van der Waals surface area (Å²) >= 11 is 6.17. The van der Waals surface area contributed by atoms with Crippen LogP contribution >= 0.6 is 11.6 Å². The van der Waals surface area contributed by atoms with Crippen molar-refractivity contribution in [1.82, 2.24) is 0 Å². The number of fused-ring (bicyclic) bond motifs is 1. The number of anilines is 1. The summed E-state index contributed by atoms with van der Waals surface area (Å²) in [4.78, 5) is 12.4. The van der Waals surface area contributed by atoms with Crippen LogP contribution in [0, 0.1) is 0 Å². The Hall–Kier alpha value is -3.04. The standard InChI is InChI=1S/C21H14ClNO2/c22-18-8-4-3-7-17(18)19-11-12-20(25-19)21(24)23-16-10-9-14-5-1-2-6-15(14)13-16/h1-13H,(H,23,24). The molecule has 0 radical (unpaired) electrons. The van der Waals surface area contributed by atoms with Gasteiger partial charge in [0, 0.05) is 11.3 Å². The lowest BCUT2D eigenvalue weighted by atomic mass is 10.1. The number of nitrogens with one attached hydrogen (secondary N) is 1. The van der Waals surface area contributed by atoms with Gasteiger partial charge in [-0.2, -0.15) is 0 Å². The fourth-order valence-corrected chi connectivity index (χ4v) is 2.95. The fraction of sp³-hybridized carbons (Fsp3) is 0. The minimum absolute atomic E-state index is 0.239. The lowest BCUT2D eigenvalue weighted by molar-refractivity contribution is 0.0997. The average molecular weight is 348 g/mol. The maximum atomic E-state index is 12.4. The molecule has 0 aliphatic carbocycles. The number of hydrogen-bond acceptors (Lipinski definition) is 2. The van der Waals surface area contributed by atoms with Gasteiger partial charge in [0.25, 0.3) is 5.91 Å². The number of carbonyl (C=O) groups excluding carboxylic acids is 1. The van der Waals surface area contributed by atoms with Crippen molar-refractivity contribution >= 4 is 34.0 Å². The highest BCUT2D eigenvalue weighted by molar-refractivity contribution is 6.33. The predicted molar refractivity (Wildman–Crippen MR) is 101 cm³/mol. The molecule has 0 bridgehead atoms. The summed E-state index contributed by atoms with van der Waals surface area (Å²) in [5.41, 5.74) is 1.48. The van der Waals surface area contributed by atoms with Crippen molar-refractivity contribution in [2.75, 3.05) is 5.32 Å². The smallest absolute Gasteiger partial charge is 0.291 e. The Labute approximate surface area is 149 Å². The molecule has 3 nitrogen and oxygen atoms in total. The van der Waals surface area contributed by atoms with E-state index in [9.17, 15) is 4.79 Å². The van der Waals surface area contributed by atoms with E-state index in [0.29, 0.717) is 10.8 Å². The van der Waals surface area contributed by atoms with Crippen LogP contribution in [0.1, 0.15) is 10.6 Å². The quantitative estimate of drug-likeness (QED) is 0.493. The van der Waals surface area contributed by atoms with E-state index in [2.05, 4.69) is 5.32 Å². The molecule has 4 heteroatoms. The van der Waals surface area contributed by atoms with Crippen LogP contribution < -0.4 is 5.32 Å². The first-order valence-electron chi connectivity index (χ1n) is 7.85. The topological polar surface area (TPSA) is 42.2 Å². The van der Waals surface area contributed by atoms with E-state index in [0.717, 1.165) is 22.0 Å². The minimum Gasteiger partial charge on any atom is -0.451 e. The normalized spacial score (nSPS) is 10.8. The highest BCUT2D eigenvalue weighted by Crippen LogP contribution is 2.29. The van der Waals surface area contributed by atoms with Crippen molar-refractivity contribution in [2.45, 2.75) is 0 Å². The molecule has 0 spiro atoms. The van der Waals surface area contributed by atoms with E-state index in [1.165, 1.54) is 0 Å². The number of benzene rings is 3. The number of carbonyl (C=O) groups is 1. The van der Waals surface area contributed by atoms with E-state index >= 15 is 0 Å². The number of furan rings is 1. The monoisotopic (exact) mass is 347 g/mol. The van der Waals surface area contributed by atoms with E-state index in [1.54, 1.807) is 18.2 Å². The maximum Gasteiger partial charge on any atom is 0.291 e. The Morgan fingerprint density at radius 1 is 0.840 bits per heavy atom. The first kappa shape index (κ1) is 15.5. The summed E-state index contributed by atoms with van der Waals surface area (Å²) in [6, 6.07) is 24.5. The lowest BCUT2D eigenvalue weighted by Gasteiger charge is -2.05. The van der Waals surface area contributed by atoms with Crippen LogP contribution in [-0.2, 0) is 0 Å². The molecule has 122 valence electrons. The number of hydrogen-bond donors (Lipinski definition) is 1. The summed E-state index contributed by atoms with van der Waals surface area (Å²) in [5.74, 6) is 0.505. The second-order valence-corrected chi connectivity index (χ2v) is 6.07. The van der Waals surface area contributed by atoms with Gasteiger partial charge in [-0.25, -0.2) is 0 Å². The first-order valence-corrected chi connectivity index (χ1v) is 8.23. The third-order valence-electron chi connectivity index (χ3n) is 3.98. The third-order valence-corrected chi connectivity index (χ3v) is 4.31. The molecule has 1 amide bonds. The Morgan fingerprint density at radius 3 is 2.44 bits per heavy atom. The lowest BCUT2D eigenvalue weighted by Crippen LogP contribution is -2.10. The second-order valence-electron chi connectivity index (χ2n) is 5.66. The summed E-state index contributed by atoms with van der Waals surface area (Å²) in [6.45, 7) is 0. The molecule has 0 saturated carbocycles. The Balaban J connectivity index is 1.58. The largest absolute Gasteiger partial charge is 0.451 e. The molecular weight excluding hydrogens is 334 g/mol. The SMILES string of the molecule is O=C(Nc1ccc2ccccc2c1)c1ccc(-c2ccccc2Cl)o1. The van der Waals surface area contributed by atoms with Crippen LogP contribution in [0.3, 0.4) is 0 Å². The van der Waals surface area contributed by atoms with Crippen molar-refractivity contribution in [2.24, 2.45) is 0 Å². The van der Waals surface area contributed by atoms with E-state index in [4.69, 9.17) is 16.0 Å². The van der Waals surface area contributed by atoms with Gasteiger partial charge in [0.15, 0.2) is 5.76 Å². The predicted octanol–water partition coefficient (Wildman–Crippen LogP) is 6.01. The molecule has 25 heavy (non-hydrogen) atoms. The van der Waals surface area contributed by atoms with Crippen LogP contribution in [0.4, 0.5) is 5.69 Å². The van der Waals surface area contributed by atoms with Gasteiger partial charge in [0.1, 0.15) is 5.76 Å². The van der Waals surface area contributed by atoms with E-state index in [-0.39, 0.29) is 11.7 Å². The molecule has 4 rings (SSSR count). The zero-order valence-corrected chi connectivity index (χ0v) is 14.0. The van der Waals surface area contributed by atoms with Gasteiger partial charge >= 0.3 is 0 Å². The molecule has 3 aromatic carbocycles. The van der Waals surface area contributed by atoms with E-state index in [1.807, 2.05) is 60.7 Å². The summed E-state index contributed by atoms with van der Waals surface area (Å²) in [7, 11) is 0. The van der Waals surface area contributed by atoms with E-state index < -0.39 is 0 Å². The van der Waals surface area contributed by atoms with Gasteiger partial charge in [-0.05, 0) is 47.2 Å². The van der Waals surface area contributed by atoms with Crippen LogP contribution in [0.25, 0.3) is 22.1 Å². The Morgan fingerprint density at radius 2 is 1.60 bits per heavy atom. The van der Waals surface area contributed by atoms with Crippen LogP contribution in [0.15, 0.2) is 83.3 Å². The van der Waals surface area contributed by atoms with Crippen LogP contribution in [0.2, 0.25) is 5.02 Å². The molecule has 1 N–H and O–H groups in total. The maximum absolute atomic E-state index is 12.4. The Kier molecular flexibility index (Phi) is 4.00. The number of rotatable bonds is 3. The molecule has 4 aromatic rings. The van der Waals surface area contributed by atoms with Crippen molar-refractivity contribution < 1.29 is 9.21 Å². The molecule has 0 fully saturated rings. The first-order chi connectivity index (χ1) is 12.2. The summed E-state index contributed by atoms with van der Waals surface area (Å²) < 4.78 is 5.68. The van der Waals surface area contributed by atoms with Crippen LogP contribution in [-0.4, -0.2) is 5.91 Å². The molecule has 0 saturated heterocycles. The van der Waals surface area contributed by atoms with Crippen LogP contribution in [0.5, 0.6) is 0 Å². The Bertz CT molecular complexity index is 1070. The molecule has 1 heterocycles. The minimum atomic E-state index is -0.298.